The maximum atomic E-state index is 12.2. The van der Waals surface area contributed by atoms with E-state index in [1.165, 1.54) is 0 Å². The van der Waals surface area contributed by atoms with E-state index < -0.39 is 40.3 Å². The molecule has 0 aliphatic carbocycles. The minimum absolute atomic E-state index is 0.0159. The molecule has 110 valence electrons. The zero-order valence-corrected chi connectivity index (χ0v) is 11.9. The third-order valence-corrected chi connectivity index (χ3v) is 4.99. The summed E-state index contributed by atoms with van der Waals surface area (Å²) in [5, 5.41) is 8.86. The molecule has 1 fully saturated rings. The molecule has 8 heteroatoms. The van der Waals surface area contributed by atoms with Crippen LogP contribution in [0.3, 0.4) is 0 Å². The van der Waals surface area contributed by atoms with E-state index in [0.29, 0.717) is 0 Å². The molecule has 19 heavy (non-hydrogen) atoms. The van der Waals surface area contributed by atoms with Crippen LogP contribution in [0.5, 0.6) is 0 Å². The Hall–Kier alpha value is -1.15. The van der Waals surface area contributed by atoms with E-state index in [9.17, 15) is 18.0 Å². The Morgan fingerprint density at radius 1 is 1.42 bits per heavy atom. The summed E-state index contributed by atoms with van der Waals surface area (Å²) < 4.78 is 22.9. The first-order valence-electron chi connectivity index (χ1n) is 6.12. The van der Waals surface area contributed by atoms with E-state index in [4.69, 9.17) is 10.8 Å². The number of carbonyl (C=O) groups excluding carboxylic acids is 1. The number of carboxylic acid groups (broad SMARTS) is 1. The largest absolute Gasteiger partial charge is 0.480 e. The molecule has 0 radical (unpaired) electrons. The van der Waals surface area contributed by atoms with Crippen LogP contribution >= 0.6 is 0 Å². The fraction of sp³-hybridized carbons (Fsp3) is 0.818. The highest BCUT2D eigenvalue weighted by molar-refractivity contribution is 7.91. The monoisotopic (exact) mass is 292 g/mol. The number of rotatable bonds is 5. The van der Waals surface area contributed by atoms with Crippen LogP contribution in [0.2, 0.25) is 0 Å². The smallest absolute Gasteiger partial charge is 0.323 e. The van der Waals surface area contributed by atoms with Crippen LogP contribution in [0.25, 0.3) is 0 Å². The van der Waals surface area contributed by atoms with Gasteiger partial charge >= 0.3 is 5.97 Å². The fourth-order valence-electron chi connectivity index (χ4n) is 2.03. The van der Waals surface area contributed by atoms with E-state index in [1.54, 1.807) is 13.8 Å². The van der Waals surface area contributed by atoms with Crippen molar-refractivity contribution in [1.82, 2.24) is 4.90 Å². The predicted octanol–water partition coefficient (Wildman–Crippen LogP) is -0.930. The Balaban J connectivity index is 2.89. The molecule has 0 bridgehead atoms. The Morgan fingerprint density at radius 3 is 2.37 bits per heavy atom. The lowest BCUT2D eigenvalue weighted by Gasteiger charge is -2.30. The van der Waals surface area contributed by atoms with Gasteiger partial charge in [0.1, 0.15) is 6.54 Å². The number of hydrogen-bond acceptors (Lipinski definition) is 5. The lowest BCUT2D eigenvalue weighted by Crippen LogP contribution is -2.52. The number of nitrogens with zero attached hydrogens (tertiary/aromatic N) is 1. The average molecular weight is 292 g/mol. The second-order valence-electron chi connectivity index (χ2n) is 5.19. The molecule has 1 amide bonds. The van der Waals surface area contributed by atoms with Crippen molar-refractivity contribution in [1.29, 1.82) is 0 Å². The molecule has 0 aromatic heterocycles. The van der Waals surface area contributed by atoms with Crippen LogP contribution in [-0.4, -0.2) is 60.4 Å². The highest BCUT2D eigenvalue weighted by atomic mass is 32.2. The van der Waals surface area contributed by atoms with Crippen LogP contribution in [-0.2, 0) is 19.4 Å². The third kappa shape index (κ3) is 4.17. The number of sulfone groups is 1. The molecule has 7 nitrogen and oxygen atoms in total. The van der Waals surface area contributed by atoms with Crippen molar-refractivity contribution in [2.75, 3.05) is 18.1 Å². The molecule has 1 heterocycles. The summed E-state index contributed by atoms with van der Waals surface area (Å²) in [5.74, 6) is -2.01. The molecule has 1 aliphatic heterocycles. The average Bonchev–Trinajstić information content (AvgIpc) is 2.64. The summed E-state index contributed by atoms with van der Waals surface area (Å²) in [4.78, 5) is 24.1. The van der Waals surface area contributed by atoms with Crippen molar-refractivity contribution < 1.29 is 23.1 Å². The highest BCUT2D eigenvalue weighted by Crippen LogP contribution is 2.19. The number of carbonyl (C=O) groups is 2. The zero-order valence-electron chi connectivity index (χ0n) is 11.1. The molecule has 1 aliphatic rings. The molecule has 1 saturated heterocycles. The zero-order chi connectivity index (χ0) is 14.8. The summed E-state index contributed by atoms with van der Waals surface area (Å²) in [7, 11) is -3.18. The van der Waals surface area contributed by atoms with Gasteiger partial charge < -0.3 is 15.7 Å². The molecule has 0 aromatic carbocycles. The molecular formula is C11H20N2O5S. The van der Waals surface area contributed by atoms with Gasteiger partial charge in [-0.15, -0.1) is 0 Å². The lowest BCUT2D eigenvalue weighted by molar-refractivity contribution is -0.147. The summed E-state index contributed by atoms with van der Waals surface area (Å²) in [6, 6.07) is -1.40. The highest BCUT2D eigenvalue weighted by Gasteiger charge is 2.37. The van der Waals surface area contributed by atoms with Crippen molar-refractivity contribution in [2.45, 2.75) is 32.4 Å². The SMILES string of the molecule is CC(C)[C@H](N)C(=O)N(CC(=O)O)C1CCS(=O)(=O)C1. The third-order valence-electron chi connectivity index (χ3n) is 3.24. The van der Waals surface area contributed by atoms with Crippen LogP contribution in [0.1, 0.15) is 20.3 Å². The first-order valence-corrected chi connectivity index (χ1v) is 7.94. The maximum Gasteiger partial charge on any atom is 0.323 e. The summed E-state index contributed by atoms with van der Waals surface area (Å²) in [6.45, 7) is 3.00. The van der Waals surface area contributed by atoms with Crippen molar-refractivity contribution in [2.24, 2.45) is 11.7 Å². The van der Waals surface area contributed by atoms with Gasteiger partial charge in [0.05, 0.1) is 17.5 Å². The second-order valence-corrected chi connectivity index (χ2v) is 7.42. The van der Waals surface area contributed by atoms with E-state index >= 15 is 0 Å². The second kappa shape index (κ2) is 5.87. The van der Waals surface area contributed by atoms with Gasteiger partial charge in [-0.1, -0.05) is 13.8 Å². The molecule has 0 saturated carbocycles. The van der Waals surface area contributed by atoms with Crippen molar-refractivity contribution in [3.63, 3.8) is 0 Å². The number of amides is 1. The van der Waals surface area contributed by atoms with Gasteiger partial charge in [0.25, 0.3) is 0 Å². The van der Waals surface area contributed by atoms with Crippen LogP contribution in [0, 0.1) is 5.92 Å². The van der Waals surface area contributed by atoms with Crippen molar-refractivity contribution in [3.8, 4) is 0 Å². The predicted molar refractivity (Wildman–Crippen MR) is 69.2 cm³/mol. The van der Waals surface area contributed by atoms with E-state index in [-0.39, 0.29) is 23.8 Å². The van der Waals surface area contributed by atoms with E-state index in [0.717, 1.165) is 4.90 Å². The minimum Gasteiger partial charge on any atom is -0.480 e. The number of hydrogen-bond donors (Lipinski definition) is 2. The Labute approximate surface area is 112 Å². The van der Waals surface area contributed by atoms with Crippen LogP contribution < -0.4 is 5.73 Å². The van der Waals surface area contributed by atoms with Gasteiger partial charge in [-0.3, -0.25) is 9.59 Å². The molecule has 0 spiro atoms. The first-order chi connectivity index (χ1) is 8.64. The number of nitrogens with two attached hydrogens (primary N) is 1. The normalized spacial score (nSPS) is 23.3. The summed E-state index contributed by atoms with van der Waals surface area (Å²) in [5.41, 5.74) is 5.74. The number of carboxylic acids is 1. The van der Waals surface area contributed by atoms with Crippen LogP contribution in [0.15, 0.2) is 0 Å². The lowest BCUT2D eigenvalue weighted by atomic mass is 10.0. The molecular weight excluding hydrogens is 272 g/mol. The topological polar surface area (TPSA) is 118 Å². The fourth-order valence-corrected chi connectivity index (χ4v) is 3.76. The van der Waals surface area contributed by atoms with Gasteiger partial charge in [-0.05, 0) is 12.3 Å². The van der Waals surface area contributed by atoms with Gasteiger partial charge in [0, 0.05) is 6.04 Å². The summed E-state index contributed by atoms with van der Waals surface area (Å²) in [6.07, 6.45) is 0.270. The van der Waals surface area contributed by atoms with E-state index in [1.807, 2.05) is 0 Å². The summed E-state index contributed by atoms with van der Waals surface area (Å²) >= 11 is 0. The van der Waals surface area contributed by atoms with E-state index in [2.05, 4.69) is 0 Å². The van der Waals surface area contributed by atoms with Gasteiger partial charge in [-0.2, -0.15) is 0 Å². The Kier molecular flexibility index (Phi) is 4.92. The quantitative estimate of drug-likeness (QED) is 0.676. The molecule has 2 atom stereocenters. The maximum absolute atomic E-state index is 12.2. The molecule has 1 rings (SSSR count). The molecule has 3 N–H and O–H groups in total. The van der Waals surface area contributed by atoms with Gasteiger partial charge in [0.2, 0.25) is 5.91 Å². The van der Waals surface area contributed by atoms with Gasteiger partial charge in [-0.25, -0.2) is 8.42 Å². The molecule has 1 unspecified atom stereocenters. The first kappa shape index (κ1) is 15.9. The minimum atomic E-state index is -3.18. The van der Waals surface area contributed by atoms with Crippen molar-refractivity contribution >= 4 is 21.7 Å². The standard InChI is InChI=1S/C11H20N2O5S/c1-7(2)10(12)11(16)13(5-9(14)15)8-3-4-19(17,18)6-8/h7-8,10H,3-6,12H2,1-2H3,(H,14,15)/t8?,10-/m0/s1. The number of aliphatic carboxylic acids is 1. The Bertz CT molecular complexity index is 460. The van der Waals surface area contributed by atoms with Crippen molar-refractivity contribution in [3.05, 3.63) is 0 Å². The Morgan fingerprint density at radius 2 is 2.00 bits per heavy atom. The van der Waals surface area contributed by atoms with Crippen LogP contribution in [0.4, 0.5) is 0 Å². The molecule has 0 aromatic rings. The van der Waals surface area contributed by atoms with Gasteiger partial charge in [0.15, 0.2) is 9.84 Å².